The molecule has 4 nitrogen and oxygen atoms in total. The number of amides is 2. The van der Waals surface area contributed by atoms with Crippen LogP contribution in [-0.4, -0.2) is 34.8 Å². The summed E-state index contributed by atoms with van der Waals surface area (Å²) in [4.78, 5) is 26.8. The lowest BCUT2D eigenvalue weighted by atomic mass is 9.74. The second kappa shape index (κ2) is 5.38. The number of rotatable bonds is 2. The van der Waals surface area contributed by atoms with Crippen LogP contribution in [0.15, 0.2) is 0 Å². The molecule has 2 rings (SSSR count). The average molecular weight is 280 g/mol. The molecule has 3 unspecified atom stereocenters. The van der Waals surface area contributed by atoms with Gasteiger partial charge in [-0.15, -0.1) is 0 Å². The molecule has 20 heavy (non-hydrogen) atoms. The Balaban J connectivity index is 2.28. The van der Waals surface area contributed by atoms with Crippen LogP contribution in [0.2, 0.25) is 0 Å². The summed E-state index contributed by atoms with van der Waals surface area (Å²) in [5.74, 6) is 0.248. The maximum absolute atomic E-state index is 12.6. The maximum atomic E-state index is 12.6. The minimum atomic E-state index is -0.387. The van der Waals surface area contributed by atoms with E-state index in [4.69, 9.17) is 0 Å². The first-order valence-corrected chi connectivity index (χ1v) is 7.85. The third-order valence-electron chi connectivity index (χ3n) is 4.76. The Hall–Kier alpha value is -1.06. The van der Waals surface area contributed by atoms with Crippen molar-refractivity contribution < 1.29 is 9.59 Å². The van der Waals surface area contributed by atoms with Crippen LogP contribution >= 0.6 is 0 Å². The summed E-state index contributed by atoms with van der Waals surface area (Å²) in [5.41, 5.74) is 0.266. The van der Waals surface area contributed by atoms with Gasteiger partial charge in [0.25, 0.3) is 0 Å². The summed E-state index contributed by atoms with van der Waals surface area (Å²) in [6, 6.07) is -0.479. The maximum Gasteiger partial charge on any atom is 0.245 e. The molecule has 0 radical (unpaired) electrons. The Kier molecular flexibility index (Phi) is 4.12. The summed E-state index contributed by atoms with van der Waals surface area (Å²) in [6.07, 6.45) is 4.38. The van der Waals surface area contributed by atoms with Gasteiger partial charge in [0.1, 0.15) is 12.1 Å². The quantitative estimate of drug-likeness (QED) is 0.844. The third kappa shape index (κ3) is 2.84. The molecule has 114 valence electrons. The number of carbonyl (C=O) groups is 2. The van der Waals surface area contributed by atoms with Crippen molar-refractivity contribution in [2.24, 2.45) is 11.3 Å². The van der Waals surface area contributed by atoms with Gasteiger partial charge in [-0.3, -0.25) is 9.59 Å². The van der Waals surface area contributed by atoms with Crippen LogP contribution in [-0.2, 0) is 9.59 Å². The van der Waals surface area contributed by atoms with E-state index in [0.29, 0.717) is 0 Å². The van der Waals surface area contributed by atoms with Crippen LogP contribution in [0.25, 0.3) is 0 Å². The summed E-state index contributed by atoms with van der Waals surface area (Å²) >= 11 is 0. The second-order valence-corrected chi connectivity index (χ2v) is 7.58. The molecule has 1 saturated heterocycles. The van der Waals surface area contributed by atoms with Gasteiger partial charge in [0.05, 0.1) is 0 Å². The van der Waals surface area contributed by atoms with Crippen molar-refractivity contribution in [3.8, 4) is 0 Å². The van der Waals surface area contributed by atoms with Crippen LogP contribution < -0.4 is 5.32 Å². The molecule has 2 amide bonds. The first-order chi connectivity index (χ1) is 9.23. The van der Waals surface area contributed by atoms with Gasteiger partial charge in [-0.25, -0.2) is 0 Å². The Bertz CT molecular complexity index is 403. The minimum Gasteiger partial charge on any atom is -0.343 e. The van der Waals surface area contributed by atoms with Gasteiger partial charge in [0, 0.05) is 6.04 Å². The molecular weight excluding hydrogens is 252 g/mol. The lowest BCUT2D eigenvalue weighted by molar-refractivity contribution is -0.155. The smallest absolute Gasteiger partial charge is 0.245 e. The van der Waals surface area contributed by atoms with Crippen LogP contribution in [0.3, 0.4) is 0 Å². The standard InChI is InChI=1S/C16H28N2O2/c1-10(2)13-14(19)17-11(3)15(20)18(13)12-7-6-8-16(4,5)9-12/h10-13H,6-9H2,1-5H3,(H,17,19). The Morgan fingerprint density at radius 3 is 2.50 bits per heavy atom. The fourth-order valence-corrected chi connectivity index (χ4v) is 3.77. The molecule has 0 spiro atoms. The molecule has 1 heterocycles. The van der Waals surface area contributed by atoms with E-state index in [-0.39, 0.29) is 41.3 Å². The molecule has 2 aliphatic rings. The van der Waals surface area contributed by atoms with Gasteiger partial charge in [-0.1, -0.05) is 34.1 Å². The molecule has 0 bridgehead atoms. The average Bonchev–Trinajstić information content (AvgIpc) is 2.31. The van der Waals surface area contributed by atoms with Crippen molar-refractivity contribution in [3.05, 3.63) is 0 Å². The van der Waals surface area contributed by atoms with E-state index in [2.05, 4.69) is 19.2 Å². The fraction of sp³-hybridized carbons (Fsp3) is 0.875. The van der Waals surface area contributed by atoms with Crippen molar-refractivity contribution in [2.75, 3.05) is 0 Å². The highest BCUT2D eigenvalue weighted by Gasteiger charge is 2.45. The van der Waals surface area contributed by atoms with E-state index in [0.717, 1.165) is 19.3 Å². The van der Waals surface area contributed by atoms with Gasteiger partial charge in [-0.05, 0) is 37.5 Å². The molecule has 1 saturated carbocycles. The number of piperazine rings is 1. The zero-order valence-electron chi connectivity index (χ0n) is 13.4. The van der Waals surface area contributed by atoms with Gasteiger partial charge in [0.2, 0.25) is 11.8 Å². The van der Waals surface area contributed by atoms with E-state index < -0.39 is 0 Å². The summed E-state index contributed by atoms with van der Waals surface area (Å²) in [6.45, 7) is 10.4. The minimum absolute atomic E-state index is 0.00970. The van der Waals surface area contributed by atoms with Gasteiger partial charge >= 0.3 is 0 Å². The highest BCUT2D eigenvalue weighted by Crippen LogP contribution is 2.39. The van der Waals surface area contributed by atoms with E-state index >= 15 is 0 Å². The first kappa shape index (κ1) is 15.3. The number of hydrogen-bond donors (Lipinski definition) is 1. The van der Waals surface area contributed by atoms with Crippen molar-refractivity contribution >= 4 is 11.8 Å². The van der Waals surface area contributed by atoms with Crippen LogP contribution in [0.1, 0.15) is 60.3 Å². The summed E-state index contributed by atoms with van der Waals surface area (Å²) < 4.78 is 0. The predicted molar refractivity (Wildman–Crippen MR) is 79.1 cm³/mol. The van der Waals surface area contributed by atoms with Gasteiger partial charge < -0.3 is 10.2 Å². The van der Waals surface area contributed by atoms with Crippen LogP contribution in [0, 0.1) is 11.3 Å². The van der Waals surface area contributed by atoms with Crippen molar-refractivity contribution in [1.29, 1.82) is 0 Å². The number of hydrogen-bond acceptors (Lipinski definition) is 2. The lowest BCUT2D eigenvalue weighted by Gasteiger charge is -2.48. The Labute approximate surface area is 122 Å². The van der Waals surface area contributed by atoms with Gasteiger partial charge in [-0.2, -0.15) is 0 Å². The first-order valence-electron chi connectivity index (χ1n) is 7.85. The second-order valence-electron chi connectivity index (χ2n) is 7.58. The molecule has 3 atom stereocenters. The molecule has 2 fully saturated rings. The molecule has 1 N–H and O–H groups in total. The van der Waals surface area contributed by atoms with Crippen LogP contribution in [0.4, 0.5) is 0 Å². The molecule has 1 aliphatic carbocycles. The fourth-order valence-electron chi connectivity index (χ4n) is 3.77. The topological polar surface area (TPSA) is 49.4 Å². The zero-order valence-corrected chi connectivity index (χ0v) is 13.4. The van der Waals surface area contributed by atoms with E-state index in [9.17, 15) is 9.59 Å². The highest BCUT2D eigenvalue weighted by atomic mass is 16.2. The molecule has 0 aromatic carbocycles. The molecule has 0 aromatic heterocycles. The highest BCUT2D eigenvalue weighted by molar-refractivity contribution is 5.97. The van der Waals surface area contributed by atoms with Gasteiger partial charge in [0.15, 0.2) is 0 Å². The number of nitrogens with zero attached hydrogens (tertiary/aromatic N) is 1. The van der Waals surface area contributed by atoms with Crippen molar-refractivity contribution in [1.82, 2.24) is 10.2 Å². The van der Waals surface area contributed by atoms with E-state index in [1.807, 2.05) is 18.7 Å². The predicted octanol–water partition coefficient (Wildman–Crippen LogP) is 2.33. The molecular formula is C16H28N2O2. The molecule has 0 aromatic rings. The van der Waals surface area contributed by atoms with Crippen molar-refractivity contribution in [2.45, 2.75) is 78.4 Å². The van der Waals surface area contributed by atoms with Crippen molar-refractivity contribution in [3.63, 3.8) is 0 Å². The SMILES string of the molecule is CC1NC(=O)C(C(C)C)N(C2CCCC(C)(C)C2)C1=O. The summed E-state index contributed by atoms with van der Waals surface area (Å²) in [5, 5.41) is 2.82. The normalized spacial score (nSPS) is 34.3. The van der Waals surface area contributed by atoms with E-state index in [1.165, 1.54) is 6.42 Å². The largest absolute Gasteiger partial charge is 0.343 e. The lowest BCUT2D eigenvalue weighted by Crippen LogP contribution is -2.67. The number of nitrogens with one attached hydrogen (secondary N) is 1. The third-order valence-corrected chi connectivity index (χ3v) is 4.76. The zero-order chi connectivity index (χ0) is 15.1. The monoisotopic (exact) mass is 280 g/mol. The molecule has 4 heteroatoms. The van der Waals surface area contributed by atoms with Crippen LogP contribution in [0.5, 0.6) is 0 Å². The Morgan fingerprint density at radius 1 is 1.30 bits per heavy atom. The summed E-state index contributed by atoms with van der Waals surface area (Å²) in [7, 11) is 0. The molecule has 1 aliphatic heterocycles. The number of carbonyl (C=O) groups excluding carboxylic acids is 2. The Morgan fingerprint density at radius 2 is 1.95 bits per heavy atom. The van der Waals surface area contributed by atoms with E-state index in [1.54, 1.807) is 6.92 Å².